The first-order valence-electron chi connectivity index (χ1n) is 11.1. The lowest BCUT2D eigenvalue weighted by molar-refractivity contribution is -0.142. The molecule has 0 unspecified atom stereocenters. The fourth-order valence-corrected chi connectivity index (χ4v) is 9.66. The Labute approximate surface area is 202 Å². The number of methoxy groups -OCH3 is 1. The monoisotopic (exact) mass is 502 g/mol. The molecule has 2 amide bonds. The average molecular weight is 503 g/mol. The lowest BCUT2D eigenvalue weighted by Gasteiger charge is -2.43. The van der Waals surface area contributed by atoms with Crippen LogP contribution in [0.2, 0.25) is 0 Å². The number of H-pyrrole nitrogens is 1. The Hall–Kier alpha value is -2.79. The molecule has 7 atom stereocenters. The molecule has 34 heavy (non-hydrogen) atoms. The van der Waals surface area contributed by atoms with Crippen molar-refractivity contribution in [1.29, 1.82) is 0 Å². The third-order valence-electron chi connectivity index (χ3n) is 7.93. The predicted molar refractivity (Wildman–Crippen MR) is 122 cm³/mol. The van der Waals surface area contributed by atoms with E-state index in [0.29, 0.717) is 5.75 Å². The molecule has 2 aliphatic heterocycles. The fraction of sp³-hybridized carbons (Fsp3) is 0.478. The number of thioether (sulfide) groups is 1. The van der Waals surface area contributed by atoms with Crippen molar-refractivity contribution >= 4 is 40.9 Å². The number of fused-ring (bicyclic) bond motifs is 9. The van der Waals surface area contributed by atoms with Crippen LogP contribution in [0.4, 0.5) is 0 Å². The van der Waals surface area contributed by atoms with Crippen LogP contribution >= 0.6 is 23.1 Å². The number of hydrogen-bond donors (Lipinski definition) is 3. The number of imide groups is 1. The maximum Gasteiger partial charge on any atom is 0.305 e. The largest absolute Gasteiger partial charge is 0.504 e. The molecule has 1 aromatic carbocycles. The number of thiazole rings is 1. The Bertz CT molecular complexity index is 1290. The number of nitrogens with one attached hydrogen (secondary N) is 1. The molecular formula is C23H22N2O7S2. The number of phenols is 1. The number of carbonyl (C=O) groups is 3. The number of aromatic nitrogens is 1. The molecule has 178 valence electrons. The van der Waals surface area contributed by atoms with Crippen LogP contribution in [0, 0.1) is 29.6 Å². The summed E-state index contributed by atoms with van der Waals surface area (Å²) in [7, 11) is 1.48. The van der Waals surface area contributed by atoms with Gasteiger partial charge in [0.1, 0.15) is 0 Å². The predicted octanol–water partition coefficient (Wildman–Crippen LogP) is 2.10. The Morgan fingerprint density at radius 3 is 2.65 bits per heavy atom. The van der Waals surface area contributed by atoms with Crippen molar-refractivity contribution < 1.29 is 29.3 Å². The summed E-state index contributed by atoms with van der Waals surface area (Å²) in [6.07, 6.45) is 0.495. The summed E-state index contributed by atoms with van der Waals surface area (Å²) in [5.74, 6) is -2.29. The summed E-state index contributed by atoms with van der Waals surface area (Å²) in [5, 5.41) is 20.0. The van der Waals surface area contributed by atoms with Crippen LogP contribution in [0.15, 0.2) is 28.0 Å². The molecule has 1 aromatic heterocycles. The van der Waals surface area contributed by atoms with Gasteiger partial charge in [0.15, 0.2) is 11.5 Å². The smallest absolute Gasteiger partial charge is 0.305 e. The van der Waals surface area contributed by atoms with E-state index in [-0.39, 0.29) is 64.3 Å². The highest BCUT2D eigenvalue weighted by Crippen LogP contribution is 2.68. The first-order valence-corrected chi connectivity index (χ1v) is 12.8. The minimum Gasteiger partial charge on any atom is -0.504 e. The maximum atomic E-state index is 13.3. The van der Waals surface area contributed by atoms with Gasteiger partial charge in [0.25, 0.3) is 0 Å². The molecule has 2 saturated carbocycles. The molecule has 2 aromatic rings. The van der Waals surface area contributed by atoms with Crippen LogP contribution in [0.1, 0.15) is 29.2 Å². The van der Waals surface area contributed by atoms with Crippen molar-refractivity contribution in [2.75, 3.05) is 13.7 Å². The molecular weight excluding hydrogens is 480 g/mol. The molecule has 4 aliphatic rings. The van der Waals surface area contributed by atoms with E-state index in [1.54, 1.807) is 23.9 Å². The van der Waals surface area contributed by atoms with E-state index in [9.17, 15) is 24.3 Å². The first-order chi connectivity index (χ1) is 16.3. The third-order valence-corrected chi connectivity index (χ3v) is 10.5. The van der Waals surface area contributed by atoms with Crippen molar-refractivity contribution in [2.24, 2.45) is 29.6 Å². The number of benzene rings is 1. The number of ether oxygens (including phenoxy) is 1. The second-order valence-corrected chi connectivity index (χ2v) is 11.6. The Morgan fingerprint density at radius 1 is 1.21 bits per heavy atom. The molecule has 3 N–H and O–H groups in total. The number of aliphatic carboxylic acids is 1. The minimum atomic E-state index is -1.04. The van der Waals surface area contributed by atoms with Crippen LogP contribution in [-0.4, -0.2) is 56.8 Å². The van der Waals surface area contributed by atoms with Crippen molar-refractivity contribution in [1.82, 2.24) is 9.88 Å². The standard InChI is InChI=1S/C23H22N2O7S2/c1-32-12-6-8(2-3-11(12)26)14-15-9-7-10(18(15)33-20-19(14)34-23(31)24-20)17-16(9)21(29)25(22(17)30)5-4-13(27)28/h2-3,6,9-10,14-18,26H,4-5,7H2,1H3,(H,24,31)(H,27,28)/t9-,10+,14+,15+,16+,17+,18-/m0/s1. The van der Waals surface area contributed by atoms with E-state index < -0.39 is 17.8 Å². The van der Waals surface area contributed by atoms with Crippen molar-refractivity contribution in [2.45, 2.75) is 29.0 Å². The number of nitrogens with zero attached hydrogens (tertiary/aromatic N) is 1. The topological polar surface area (TPSA) is 137 Å². The Kier molecular flexibility index (Phi) is 4.86. The first kappa shape index (κ1) is 21.7. The van der Waals surface area contributed by atoms with Gasteiger partial charge in [0.2, 0.25) is 11.8 Å². The number of likely N-dealkylation sites (tertiary alicyclic amines) is 1. The molecule has 0 spiro atoms. The van der Waals surface area contributed by atoms with Gasteiger partial charge in [-0.25, -0.2) is 0 Å². The number of carbonyl (C=O) groups excluding carboxylic acids is 2. The van der Waals surface area contributed by atoms with E-state index >= 15 is 0 Å². The van der Waals surface area contributed by atoms with Crippen LogP contribution in [0.5, 0.6) is 11.5 Å². The van der Waals surface area contributed by atoms with Gasteiger partial charge < -0.3 is 19.9 Å². The normalized spacial score (nSPS) is 33.1. The van der Waals surface area contributed by atoms with E-state index in [1.807, 2.05) is 6.07 Å². The lowest BCUT2D eigenvalue weighted by Crippen LogP contribution is -2.42. The van der Waals surface area contributed by atoms with E-state index in [1.165, 1.54) is 7.11 Å². The Balaban J connectivity index is 1.42. The summed E-state index contributed by atoms with van der Waals surface area (Å²) in [4.78, 5) is 54.7. The number of rotatable bonds is 5. The summed E-state index contributed by atoms with van der Waals surface area (Å²) in [5.41, 5.74) is 0.894. The van der Waals surface area contributed by atoms with Crippen LogP contribution in [-0.2, 0) is 14.4 Å². The van der Waals surface area contributed by atoms with Crippen LogP contribution in [0.25, 0.3) is 0 Å². The maximum absolute atomic E-state index is 13.3. The molecule has 11 heteroatoms. The quantitative estimate of drug-likeness (QED) is 0.529. The van der Waals surface area contributed by atoms with E-state index in [2.05, 4.69) is 4.98 Å². The molecule has 9 nitrogen and oxygen atoms in total. The van der Waals surface area contributed by atoms with Gasteiger partial charge in [-0.15, -0.1) is 11.8 Å². The number of aromatic amines is 1. The zero-order valence-corrected chi connectivity index (χ0v) is 19.7. The molecule has 2 bridgehead atoms. The second-order valence-electron chi connectivity index (χ2n) is 9.36. The molecule has 3 fully saturated rings. The van der Waals surface area contributed by atoms with Gasteiger partial charge in [0, 0.05) is 22.6 Å². The lowest BCUT2D eigenvalue weighted by atomic mass is 9.68. The van der Waals surface area contributed by atoms with E-state index in [4.69, 9.17) is 9.84 Å². The van der Waals surface area contributed by atoms with Gasteiger partial charge in [-0.2, -0.15) is 0 Å². The zero-order valence-electron chi connectivity index (χ0n) is 18.1. The third kappa shape index (κ3) is 2.92. The molecule has 2 aliphatic carbocycles. The average Bonchev–Trinajstić information content (AvgIpc) is 3.52. The molecule has 0 radical (unpaired) electrons. The van der Waals surface area contributed by atoms with E-state index in [0.717, 1.165) is 38.1 Å². The summed E-state index contributed by atoms with van der Waals surface area (Å²) < 4.78 is 5.33. The van der Waals surface area contributed by atoms with Crippen molar-refractivity contribution in [3.8, 4) is 11.5 Å². The number of phenolic OH excluding ortho intramolecular Hbond substituents is 1. The molecule has 3 heterocycles. The fourth-order valence-electron chi connectivity index (χ4n) is 6.77. The summed E-state index contributed by atoms with van der Waals surface area (Å²) in [6.45, 7) is -0.0961. The second kappa shape index (κ2) is 7.61. The number of carboxylic acids is 1. The highest BCUT2D eigenvalue weighted by Gasteiger charge is 2.69. The number of hydrogen-bond acceptors (Lipinski definition) is 8. The van der Waals surface area contributed by atoms with Gasteiger partial charge in [-0.05, 0) is 41.9 Å². The Morgan fingerprint density at radius 2 is 1.94 bits per heavy atom. The van der Waals surface area contributed by atoms with Gasteiger partial charge in [-0.3, -0.25) is 24.1 Å². The summed E-state index contributed by atoms with van der Waals surface area (Å²) in [6, 6.07) is 5.19. The highest BCUT2D eigenvalue weighted by atomic mass is 32.2. The SMILES string of the molecule is COc1cc([C@H]2c3sc(=O)[nH]c3S[C@H]3[C@@H]4C[C@H]([C@H]5C(=O)N(CCC(=O)O)C(=O)[C@H]45)[C@H]23)ccc1O. The van der Waals surface area contributed by atoms with Crippen molar-refractivity contribution in [3.05, 3.63) is 38.3 Å². The number of carboxylic acid groups (broad SMARTS) is 1. The van der Waals surface area contributed by atoms with Gasteiger partial charge in [0.05, 0.1) is 30.4 Å². The van der Waals surface area contributed by atoms with Crippen molar-refractivity contribution in [3.63, 3.8) is 0 Å². The van der Waals surface area contributed by atoms with Gasteiger partial charge >= 0.3 is 10.8 Å². The number of amides is 2. The molecule has 6 rings (SSSR count). The van der Waals surface area contributed by atoms with Gasteiger partial charge in [-0.1, -0.05) is 17.4 Å². The molecule has 1 saturated heterocycles. The van der Waals surface area contributed by atoms with Crippen LogP contribution in [0.3, 0.4) is 0 Å². The highest BCUT2D eigenvalue weighted by molar-refractivity contribution is 8.00. The number of aromatic hydroxyl groups is 1. The summed E-state index contributed by atoms with van der Waals surface area (Å²) >= 11 is 2.76. The zero-order chi connectivity index (χ0) is 23.9. The minimum absolute atomic E-state index is 0.0191. The van der Waals surface area contributed by atoms with Crippen LogP contribution < -0.4 is 9.61 Å².